The number of amides is 1. The van der Waals surface area contributed by atoms with Crippen LogP contribution in [-0.4, -0.2) is 27.2 Å². The molecular weight excluding hydrogens is 232 g/mol. The largest absolute Gasteiger partial charge is 0.493 e. The molecule has 0 spiro atoms. The number of benzene rings is 1. The minimum absolute atomic E-state index is 0.00187. The van der Waals surface area contributed by atoms with Crippen molar-refractivity contribution in [2.75, 3.05) is 21.3 Å². The summed E-state index contributed by atoms with van der Waals surface area (Å²) in [5.41, 5.74) is 6.28. The molecule has 1 aromatic rings. The summed E-state index contributed by atoms with van der Waals surface area (Å²) >= 11 is 0. The van der Waals surface area contributed by atoms with Gasteiger partial charge in [0.2, 0.25) is 5.91 Å². The third kappa shape index (κ3) is 4.25. The Kier molecular flexibility index (Phi) is 6.00. The van der Waals surface area contributed by atoms with Crippen molar-refractivity contribution in [2.45, 2.75) is 19.3 Å². The van der Waals surface area contributed by atoms with Crippen molar-refractivity contribution < 1.29 is 14.3 Å². The highest BCUT2D eigenvalue weighted by atomic mass is 16.5. The topological polar surface area (TPSA) is 59.6 Å². The van der Waals surface area contributed by atoms with Gasteiger partial charge in [0.1, 0.15) is 0 Å². The molecule has 0 aliphatic rings. The predicted molar refractivity (Wildman–Crippen MR) is 69.7 cm³/mol. The van der Waals surface area contributed by atoms with Crippen LogP contribution in [0, 0.1) is 0 Å². The zero-order valence-electron chi connectivity index (χ0n) is 11.1. The van der Waals surface area contributed by atoms with Crippen molar-refractivity contribution in [2.24, 2.45) is 0 Å². The zero-order valence-corrected chi connectivity index (χ0v) is 11.1. The van der Waals surface area contributed by atoms with E-state index in [2.05, 4.69) is 10.9 Å². The van der Waals surface area contributed by atoms with E-state index in [1.807, 2.05) is 18.2 Å². The Morgan fingerprint density at radius 1 is 1.22 bits per heavy atom. The third-order valence-corrected chi connectivity index (χ3v) is 2.58. The molecule has 1 amide bonds. The van der Waals surface area contributed by atoms with Gasteiger partial charge in [0.25, 0.3) is 0 Å². The number of hydrazine groups is 1. The van der Waals surface area contributed by atoms with Crippen molar-refractivity contribution in [3.05, 3.63) is 23.8 Å². The number of nitrogens with one attached hydrogen (secondary N) is 2. The van der Waals surface area contributed by atoms with Crippen molar-refractivity contribution in [3.63, 3.8) is 0 Å². The normalized spacial score (nSPS) is 9.94. The first kappa shape index (κ1) is 14.3. The molecule has 0 saturated carbocycles. The van der Waals surface area contributed by atoms with Crippen LogP contribution in [-0.2, 0) is 11.2 Å². The third-order valence-electron chi connectivity index (χ3n) is 2.58. The molecule has 2 N–H and O–H groups in total. The predicted octanol–water partition coefficient (Wildman–Crippen LogP) is 1.28. The van der Waals surface area contributed by atoms with Crippen LogP contribution < -0.4 is 20.3 Å². The molecule has 0 bridgehead atoms. The summed E-state index contributed by atoms with van der Waals surface area (Å²) in [5, 5.41) is 0. The van der Waals surface area contributed by atoms with E-state index in [0.717, 1.165) is 24.2 Å². The van der Waals surface area contributed by atoms with E-state index in [1.165, 1.54) is 0 Å². The molecule has 0 fully saturated rings. The maximum Gasteiger partial charge on any atom is 0.234 e. The molecule has 0 aromatic heterocycles. The number of carbonyl (C=O) groups excluding carboxylic acids is 1. The highest BCUT2D eigenvalue weighted by Crippen LogP contribution is 2.27. The van der Waals surface area contributed by atoms with Gasteiger partial charge in [-0.25, -0.2) is 5.43 Å². The summed E-state index contributed by atoms with van der Waals surface area (Å²) in [7, 11) is 4.90. The first-order valence-corrected chi connectivity index (χ1v) is 5.87. The lowest BCUT2D eigenvalue weighted by atomic mass is 10.1. The van der Waals surface area contributed by atoms with Crippen LogP contribution in [0.25, 0.3) is 0 Å². The van der Waals surface area contributed by atoms with Crippen LogP contribution in [0.15, 0.2) is 18.2 Å². The molecule has 0 atom stereocenters. The van der Waals surface area contributed by atoms with Gasteiger partial charge in [0.15, 0.2) is 11.5 Å². The average Bonchev–Trinajstić information content (AvgIpc) is 2.38. The van der Waals surface area contributed by atoms with Gasteiger partial charge < -0.3 is 9.47 Å². The van der Waals surface area contributed by atoms with Crippen molar-refractivity contribution >= 4 is 5.91 Å². The molecule has 5 nitrogen and oxygen atoms in total. The summed E-state index contributed by atoms with van der Waals surface area (Å²) in [6.45, 7) is 0. The van der Waals surface area contributed by atoms with Crippen molar-refractivity contribution in [1.82, 2.24) is 10.9 Å². The van der Waals surface area contributed by atoms with Crippen molar-refractivity contribution in [3.8, 4) is 11.5 Å². The molecule has 0 saturated heterocycles. The number of hydrogen-bond acceptors (Lipinski definition) is 4. The fraction of sp³-hybridized carbons (Fsp3) is 0.462. The van der Waals surface area contributed by atoms with Crippen LogP contribution >= 0.6 is 0 Å². The summed E-state index contributed by atoms with van der Waals surface area (Å²) in [6.07, 6.45) is 2.12. The van der Waals surface area contributed by atoms with E-state index in [0.29, 0.717) is 12.2 Å². The quantitative estimate of drug-likeness (QED) is 0.718. The van der Waals surface area contributed by atoms with Gasteiger partial charge in [0, 0.05) is 13.5 Å². The Labute approximate surface area is 107 Å². The summed E-state index contributed by atoms with van der Waals surface area (Å²) in [4.78, 5) is 11.2. The van der Waals surface area contributed by atoms with Crippen LogP contribution in [0.3, 0.4) is 0 Å². The Bertz CT molecular complexity index is 394. The smallest absolute Gasteiger partial charge is 0.234 e. The number of rotatable bonds is 7. The van der Waals surface area contributed by atoms with Gasteiger partial charge in [0.05, 0.1) is 14.2 Å². The Hall–Kier alpha value is -1.75. The van der Waals surface area contributed by atoms with Crippen LogP contribution in [0.1, 0.15) is 18.4 Å². The first-order valence-electron chi connectivity index (χ1n) is 5.87. The lowest BCUT2D eigenvalue weighted by Gasteiger charge is -2.09. The Morgan fingerprint density at radius 2 is 1.94 bits per heavy atom. The molecule has 0 radical (unpaired) electrons. The van der Waals surface area contributed by atoms with E-state index >= 15 is 0 Å². The second kappa shape index (κ2) is 7.55. The summed E-state index contributed by atoms with van der Waals surface area (Å²) in [6, 6.07) is 5.80. The Balaban J connectivity index is 2.50. The monoisotopic (exact) mass is 252 g/mol. The average molecular weight is 252 g/mol. The maximum atomic E-state index is 11.2. The summed E-state index contributed by atoms with van der Waals surface area (Å²) < 4.78 is 10.4. The molecule has 0 heterocycles. The van der Waals surface area contributed by atoms with E-state index in [9.17, 15) is 4.79 Å². The van der Waals surface area contributed by atoms with Gasteiger partial charge in [-0.3, -0.25) is 10.2 Å². The fourth-order valence-electron chi connectivity index (χ4n) is 1.69. The molecule has 1 aromatic carbocycles. The number of carbonyl (C=O) groups is 1. The fourth-order valence-corrected chi connectivity index (χ4v) is 1.69. The lowest BCUT2D eigenvalue weighted by molar-refractivity contribution is -0.122. The zero-order chi connectivity index (χ0) is 13.4. The van der Waals surface area contributed by atoms with Crippen LogP contribution in [0.2, 0.25) is 0 Å². The lowest BCUT2D eigenvalue weighted by Crippen LogP contribution is -2.33. The molecule has 0 aliphatic heterocycles. The molecule has 0 aliphatic carbocycles. The number of ether oxygens (including phenoxy) is 2. The molecular formula is C13H20N2O3. The standard InChI is InChI=1S/C13H20N2O3/c1-14-15-13(16)6-4-5-10-7-8-11(17-2)12(9-10)18-3/h7-9,14H,4-6H2,1-3H3,(H,15,16). The van der Waals surface area contributed by atoms with Gasteiger partial charge in [-0.05, 0) is 30.5 Å². The van der Waals surface area contributed by atoms with E-state index < -0.39 is 0 Å². The number of methoxy groups -OCH3 is 2. The highest BCUT2D eigenvalue weighted by molar-refractivity contribution is 5.75. The molecule has 100 valence electrons. The van der Waals surface area contributed by atoms with Crippen LogP contribution in [0.5, 0.6) is 11.5 Å². The van der Waals surface area contributed by atoms with Gasteiger partial charge >= 0.3 is 0 Å². The Morgan fingerprint density at radius 3 is 2.56 bits per heavy atom. The molecule has 18 heavy (non-hydrogen) atoms. The van der Waals surface area contributed by atoms with E-state index in [1.54, 1.807) is 21.3 Å². The first-order chi connectivity index (χ1) is 8.71. The van der Waals surface area contributed by atoms with E-state index in [-0.39, 0.29) is 5.91 Å². The highest BCUT2D eigenvalue weighted by Gasteiger charge is 2.05. The SMILES string of the molecule is CNNC(=O)CCCc1ccc(OC)c(OC)c1. The second-order valence-electron chi connectivity index (χ2n) is 3.84. The number of aryl methyl sites for hydroxylation is 1. The minimum Gasteiger partial charge on any atom is -0.493 e. The second-order valence-corrected chi connectivity index (χ2v) is 3.84. The summed E-state index contributed by atoms with van der Waals surface area (Å²) in [5.74, 6) is 1.43. The number of hydrogen-bond donors (Lipinski definition) is 2. The van der Waals surface area contributed by atoms with Gasteiger partial charge in [-0.1, -0.05) is 6.07 Å². The molecule has 1 rings (SSSR count). The van der Waals surface area contributed by atoms with Gasteiger partial charge in [-0.2, -0.15) is 0 Å². The molecule has 5 heteroatoms. The minimum atomic E-state index is -0.00187. The van der Waals surface area contributed by atoms with Gasteiger partial charge in [-0.15, -0.1) is 0 Å². The van der Waals surface area contributed by atoms with Crippen LogP contribution in [0.4, 0.5) is 0 Å². The maximum absolute atomic E-state index is 11.2. The van der Waals surface area contributed by atoms with E-state index in [4.69, 9.17) is 9.47 Å². The van der Waals surface area contributed by atoms with Crippen molar-refractivity contribution in [1.29, 1.82) is 0 Å². The molecule has 0 unspecified atom stereocenters.